The van der Waals surface area contributed by atoms with Crippen molar-refractivity contribution in [2.75, 3.05) is 17.3 Å². The molecule has 0 aromatic heterocycles. The first-order chi connectivity index (χ1) is 8.22. The Labute approximate surface area is 108 Å². The number of nitrogens with two attached hydrogens (primary N) is 1. The van der Waals surface area contributed by atoms with Crippen LogP contribution in [0.4, 0.5) is 11.4 Å². The van der Waals surface area contributed by atoms with Gasteiger partial charge in [-0.1, -0.05) is 25.0 Å². The highest BCUT2D eigenvalue weighted by molar-refractivity contribution is 7.99. The van der Waals surface area contributed by atoms with E-state index in [0.29, 0.717) is 6.04 Å². The van der Waals surface area contributed by atoms with Gasteiger partial charge in [-0.05, 0) is 37.7 Å². The quantitative estimate of drug-likeness (QED) is 0.804. The van der Waals surface area contributed by atoms with Crippen LogP contribution in [0, 0.1) is 6.92 Å². The number of anilines is 2. The standard InChI is InChI=1S/C14H22N2S/c1-10-6-5-8-12(14(10)15)16-11-7-3-4-9-13(11)17-2/h5-6,8,11,13,16H,3-4,7,9,15H2,1-2H3. The van der Waals surface area contributed by atoms with Crippen LogP contribution in [0.25, 0.3) is 0 Å². The topological polar surface area (TPSA) is 38.0 Å². The van der Waals surface area contributed by atoms with Gasteiger partial charge in [-0.15, -0.1) is 0 Å². The zero-order valence-corrected chi connectivity index (χ0v) is 11.5. The second-order valence-corrected chi connectivity index (χ2v) is 5.92. The molecule has 0 heterocycles. The molecule has 2 unspecified atom stereocenters. The fraction of sp³-hybridized carbons (Fsp3) is 0.571. The molecule has 0 aliphatic heterocycles. The van der Waals surface area contributed by atoms with Crippen molar-refractivity contribution in [2.45, 2.75) is 43.9 Å². The molecular formula is C14H22N2S. The molecule has 0 radical (unpaired) electrons. The maximum atomic E-state index is 6.12. The lowest BCUT2D eigenvalue weighted by Gasteiger charge is -2.32. The van der Waals surface area contributed by atoms with Gasteiger partial charge in [0.05, 0.1) is 11.4 Å². The van der Waals surface area contributed by atoms with E-state index < -0.39 is 0 Å². The summed E-state index contributed by atoms with van der Waals surface area (Å²) in [6, 6.07) is 6.80. The van der Waals surface area contributed by atoms with Crippen molar-refractivity contribution in [3.63, 3.8) is 0 Å². The third-order valence-electron chi connectivity index (χ3n) is 3.67. The molecule has 1 aromatic rings. The third-order valence-corrected chi connectivity index (χ3v) is 4.84. The normalized spacial score (nSPS) is 24.6. The van der Waals surface area contributed by atoms with Crippen LogP contribution in [0.15, 0.2) is 18.2 Å². The number of aryl methyl sites for hydroxylation is 1. The minimum atomic E-state index is 0.572. The number of thioether (sulfide) groups is 1. The van der Waals surface area contributed by atoms with Crippen LogP contribution in [0.5, 0.6) is 0 Å². The monoisotopic (exact) mass is 250 g/mol. The van der Waals surface area contributed by atoms with Crippen LogP contribution in [-0.4, -0.2) is 17.5 Å². The molecule has 0 spiro atoms. The number of nitrogens with one attached hydrogen (secondary N) is 1. The van der Waals surface area contributed by atoms with Crippen molar-refractivity contribution < 1.29 is 0 Å². The lowest BCUT2D eigenvalue weighted by Crippen LogP contribution is -2.34. The van der Waals surface area contributed by atoms with Gasteiger partial charge in [-0.2, -0.15) is 11.8 Å². The highest BCUT2D eigenvalue weighted by atomic mass is 32.2. The zero-order valence-electron chi connectivity index (χ0n) is 10.7. The molecule has 3 heteroatoms. The van der Waals surface area contributed by atoms with Gasteiger partial charge < -0.3 is 11.1 Å². The highest BCUT2D eigenvalue weighted by Gasteiger charge is 2.24. The van der Waals surface area contributed by atoms with Crippen LogP contribution in [0.3, 0.4) is 0 Å². The lowest BCUT2D eigenvalue weighted by atomic mass is 9.94. The summed E-state index contributed by atoms with van der Waals surface area (Å²) in [4.78, 5) is 0. The van der Waals surface area contributed by atoms with Crippen molar-refractivity contribution in [3.05, 3.63) is 23.8 Å². The Hall–Kier alpha value is -0.830. The SMILES string of the molecule is CSC1CCCCC1Nc1cccc(C)c1N. The summed E-state index contributed by atoms with van der Waals surface area (Å²) in [5.41, 5.74) is 9.28. The summed E-state index contributed by atoms with van der Waals surface area (Å²) >= 11 is 1.98. The molecule has 0 amide bonds. The van der Waals surface area contributed by atoms with Gasteiger partial charge in [-0.3, -0.25) is 0 Å². The second-order valence-electron chi connectivity index (χ2n) is 4.85. The fourth-order valence-electron chi connectivity index (χ4n) is 2.55. The van der Waals surface area contributed by atoms with Crippen LogP contribution in [-0.2, 0) is 0 Å². The molecule has 1 aromatic carbocycles. The summed E-state index contributed by atoms with van der Waals surface area (Å²) in [6.45, 7) is 2.06. The van der Waals surface area contributed by atoms with Gasteiger partial charge in [0.1, 0.15) is 0 Å². The van der Waals surface area contributed by atoms with Crippen molar-refractivity contribution in [1.29, 1.82) is 0 Å². The highest BCUT2D eigenvalue weighted by Crippen LogP contribution is 2.31. The number of rotatable bonds is 3. The van der Waals surface area contributed by atoms with Crippen LogP contribution in [0.2, 0.25) is 0 Å². The van der Waals surface area contributed by atoms with E-state index in [2.05, 4.69) is 36.7 Å². The second kappa shape index (κ2) is 5.67. The van der Waals surface area contributed by atoms with Gasteiger partial charge in [-0.25, -0.2) is 0 Å². The number of benzene rings is 1. The van der Waals surface area contributed by atoms with Crippen LogP contribution >= 0.6 is 11.8 Å². The Bertz CT molecular complexity index is 378. The van der Waals surface area contributed by atoms with E-state index >= 15 is 0 Å². The number of hydrogen-bond acceptors (Lipinski definition) is 3. The largest absolute Gasteiger partial charge is 0.397 e. The van der Waals surface area contributed by atoms with E-state index in [4.69, 9.17) is 5.73 Å². The number of hydrogen-bond donors (Lipinski definition) is 2. The van der Waals surface area contributed by atoms with Crippen molar-refractivity contribution in [3.8, 4) is 0 Å². The minimum Gasteiger partial charge on any atom is -0.397 e. The van der Waals surface area contributed by atoms with E-state index in [1.165, 1.54) is 25.7 Å². The third kappa shape index (κ3) is 2.89. The van der Waals surface area contributed by atoms with E-state index in [1.807, 2.05) is 11.8 Å². The summed E-state index contributed by atoms with van der Waals surface area (Å²) in [5.74, 6) is 0. The Morgan fingerprint density at radius 1 is 1.29 bits per heavy atom. The molecule has 2 rings (SSSR count). The molecule has 1 fully saturated rings. The van der Waals surface area contributed by atoms with Gasteiger partial charge in [0, 0.05) is 11.3 Å². The number of nitrogen functional groups attached to an aromatic ring is 1. The minimum absolute atomic E-state index is 0.572. The van der Waals surface area contributed by atoms with Gasteiger partial charge >= 0.3 is 0 Å². The van der Waals surface area contributed by atoms with Crippen LogP contribution in [0.1, 0.15) is 31.2 Å². The number of para-hydroxylation sites is 1. The molecule has 94 valence electrons. The molecular weight excluding hydrogens is 228 g/mol. The first-order valence-electron chi connectivity index (χ1n) is 6.37. The molecule has 0 bridgehead atoms. The van der Waals surface area contributed by atoms with Gasteiger partial charge in [0.2, 0.25) is 0 Å². The molecule has 2 atom stereocenters. The maximum Gasteiger partial charge on any atom is 0.0579 e. The van der Waals surface area contributed by atoms with E-state index in [0.717, 1.165) is 22.2 Å². The van der Waals surface area contributed by atoms with Crippen molar-refractivity contribution in [1.82, 2.24) is 0 Å². The smallest absolute Gasteiger partial charge is 0.0579 e. The Morgan fingerprint density at radius 2 is 2.06 bits per heavy atom. The molecule has 2 nitrogen and oxygen atoms in total. The van der Waals surface area contributed by atoms with Crippen molar-refractivity contribution >= 4 is 23.1 Å². The Balaban J connectivity index is 2.11. The van der Waals surface area contributed by atoms with Crippen LogP contribution < -0.4 is 11.1 Å². The molecule has 1 saturated carbocycles. The van der Waals surface area contributed by atoms with Gasteiger partial charge in [0.25, 0.3) is 0 Å². The molecule has 17 heavy (non-hydrogen) atoms. The average Bonchev–Trinajstić information content (AvgIpc) is 2.35. The summed E-state index contributed by atoms with van der Waals surface area (Å²) in [6.07, 6.45) is 7.50. The summed E-state index contributed by atoms with van der Waals surface area (Å²) in [5, 5.41) is 4.37. The predicted octanol–water partition coefficient (Wildman–Crippen LogP) is 3.66. The Morgan fingerprint density at radius 3 is 2.82 bits per heavy atom. The predicted molar refractivity (Wildman–Crippen MR) is 78.8 cm³/mol. The van der Waals surface area contributed by atoms with E-state index in [-0.39, 0.29) is 0 Å². The summed E-state index contributed by atoms with van der Waals surface area (Å²) in [7, 11) is 0. The van der Waals surface area contributed by atoms with E-state index in [9.17, 15) is 0 Å². The van der Waals surface area contributed by atoms with Crippen molar-refractivity contribution in [2.24, 2.45) is 0 Å². The van der Waals surface area contributed by atoms with E-state index in [1.54, 1.807) is 0 Å². The average molecular weight is 250 g/mol. The first kappa shape index (κ1) is 12.6. The summed E-state index contributed by atoms with van der Waals surface area (Å²) < 4.78 is 0. The molecule has 1 aliphatic carbocycles. The molecule has 1 aliphatic rings. The van der Waals surface area contributed by atoms with Gasteiger partial charge in [0.15, 0.2) is 0 Å². The first-order valence-corrected chi connectivity index (χ1v) is 7.65. The molecule has 0 saturated heterocycles. The Kier molecular flexibility index (Phi) is 4.21. The maximum absolute atomic E-state index is 6.12. The molecule has 3 N–H and O–H groups in total. The lowest BCUT2D eigenvalue weighted by molar-refractivity contribution is 0.475. The fourth-order valence-corrected chi connectivity index (χ4v) is 3.49. The zero-order chi connectivity index (χ0) is 12.3.